The topological polar surface area (TPSA) is 26.0 Å². The predicted molar refractivity (Wildman–Crippen MR) is 75.5 cm³/mol. The second-order valence-corrected chi connectivity index (χ2v) is 5.30. The second-order valence-electron chi connectivity index (χ2n) is 5.30. The van der Waals surface area contributed by atoms with E-state index in [1.54, 1.807) is 12.1 Å². The Kier molecular flexibility index (Phi) is 3.34. The Balaban J connectivity index is 1.91. The average molecular weight is 255 g/mol. The Hall–Kier alpha value is -1.67. The van der Waals surface area contributed by atoms with Crippen molar-refractivity contribution in [2.24, 2.45) is 5.73 Å². The fourth-order valence-corrected chi connectivity index (χ4v) is 2.65. The monoisotopic (exact) mass is 255 g/mol. The molecule has 1 unspecified atom stereocenters. The van der Waals surface area contributed by atoms with Crippen LogP contribution >= 0.6 is 0 Å². The zero-order chi connectivity index (χ0) is 13.2. The molecule has 1 saturated carbocycles. The van der Waals surface area contributed by atoms with Crippen molar-refractivity contribution < 1.29 is 4.39 Å². The third kappa shape index (κ3) is 2.41. The van der Waals surface area contributed by atoms with Crippen molar-refractivity contribution in [2.45, 2.75) is 31.2 Å². The first-order valence-corrected chi connectivity index (χ1v) is 6.85. The third-order valence-corrected chi connectivity index (χ3v) is 4.09. The van der Waals surface area contributed by atoms with Gasteiger partial charge in [0.2, 0.25) is 0 Å². The van der Waals surface area contributed by atoms with E-state index in [4.69, 9.17) is 5.73 Å². The molecule has 1 fully saturated rings. The van der Waals surface area contributed by atoms with Crippen LogP contribution in [-0.2, 0) is 0 Å². The van der Waals surface area contributed by atoms with Crippen LogP contribution in [0.4, 0.5) is 4.39 Å². The Morgan fingerprint density at radius 2 is 1.84 bits per heavy atom. The number of rotatable bonds is 3. The number of benzene rings is 2. The van der Waals surface area contributed by atoms with Crippen LogP contribution in [0.1, 0.15) is 47.9 Å². The minimum absolute atomic E-state index is 0.232. The van der Waals surface area contributed by atoms with Gasteiger partial charge >= 0.3 is 0 Å². The van der Waals surface area contributed by atoms with Gasteiger partial charge in [-0.2, -0.15) is 0 Å². The molecular formula is C17H18FN. The highest BCUT2D eigenvalue weighted by Gasteiger charge is 2.20. The molecular weight excluding hydrogens is 237 g/mol. The van der Waals surface area contributed by atoms with Crippen LogP contribution in [0.25, 0.3) is 0 Å². The van der Waals surface area contributed by atoms with Crippen LogP contribution in [0.15, 0.2) is 48.5 Å². The van der Waals surface area contributed by atoms with Crippen LogP contribution in [0.3, 0.4) is 0 Å². The van der Waals surface area contributed by atoms with E-state index in [9.17, 15) is 4.39 Å². The van der Waals surface area contributed by atoms with Gasteiger partial charge in [-0.05, 0) is 36.0 Å². The Bertz CT molecular complexity index is 575. The zero-order valence-electron chi connectivity index (χ0n) is 10.9. The molecule has 98 valence electrons. The molecule has 3 rings (SSSR count). The molecule has 1 aliphatic carbocycles. The molecule has 1 aliphatic rings. The highest BCUT2D eigenvalue weighted by atomic mass is 19.1. The molecule has 0 spiro atoms. The summed E-state index contributed by atoms with van der Waals surface area (Å²) in [6.45, 7) is 0. The Labute approximate surface area is 113 Å². The highest BCUT2D eigenvalue weighted by molar-refractivity contribution is 5.36. The number of hydrogen-bond donors (Lipinski definition) is 1. The van der Waals surface area contributed by atoms with E-state index in [1.807, 2.05) is 18.2 Å². The van der Waals surface area contributed by atoms with Gasteiger partial charge in [0.05, 0.1) is 6.04 Å². The summed E-state index contributed by atoms with van der Waals surface area (Å²) >= 11 is 0. The van der Waals surface area contributed by atoms with E-state index in [-0.39, 0.29) is 11.9 Å². The summed E-state index contributed by atoms with van der Waals surface area (Å²) in [4.78, 5) is 0. The molecule has 0 amide bonds. The maximum Gasteiger partial charge on any atom is 0.128 e. The number of halogens is 1. The first-order valence-electron chi connectivity index (χ1n) is 6.85. The molecule has 0 aliphatic heterocycles. The standard InChI is InChI=1S/C17H18FN/c18-16-10-2-1-9-15(16)17(19)14-8-4-7-13(11-14)12-5-3-6-12/h1-2,4,7-12,17H,3,5-6,19H2. The first kappa shape index (κ1) is 12.4. The fourth-order valence-electron chi connectivity index (χ4n) is 2.65. The van der Waals surface area contributed by atoms with Crippen molar-refractivity contribution in [2.75, 3.05) is 0 Å². The Morgan fingerprint density at radius 1 is 1.05 bits per heavy atom. The van der Waals surface area contributed by atoms with E-state index in [0.29, 0.717) is 11.5 Å². The molecule has 1 atom stereocenters. The van der Waals surface area contributed by atoms with Crippen molar-refractivity contribution in [1.82, 2.24) is 0 Å². The van der Waals surface area contributed by atoms with Gasteiger partial charge < -0.3 is 5.73 Å². The summed E-state index contributed by atoms with van der Waals surface area (Å²) in [6, 6.07) is 14.7. The van der Waals surface area contributed by atoms with Gasteiger partial charge in [0.25, 0.3) is 0 Å². The van der Waals surface area contributed by atoms with Crippen molar-refractivity contribution in [3.05, 3.63) is 71.0 Å². The van der Waals surface area contributed by atoms with E-state index in [0.717, 1.165) is 5.56 Å². The average Bonchev–Trinajstić information content (AvgIpc) is 2.37. The molecule has 2 heteroatoms. The summed E-state index contributed by atoms with van der Waals surface area (Å²) in [5.41, 5.74) is 9.11. The van der Waals surface area contributed by atoms with Gasteiger partial charge in [-0.15, -0.1) is 0 Å². The van der Waals surface area contributed by atoms with Gasteiger partial charge in [-0.1, -0.05) is 48.9 Å². The molecule has 0 radical (unpaired) electrons. The largest absolute Gasteiger partial charge is 0.320 e. The molecule has 0 saturated heterocycles. The number of hydrogen-bond acceptors (Lipinski definition) is 1. The first-order chi connectivity index (χ1) is 9.25. The van der Waals surface area contributed by atoms with Crippen LogP contribution in [0, 0.1) is 5.82 Å². The van der Waals surface area contributed by atoms with Gasteiger partial charge in [-0.3, -0.25) is 0 Å². The molecule has 19 heavy (non-hydrogen) atoms. The van der Waals surface area contributed by atoms with Crippen LogP contribution in [-0.4, -0.2) is 0 Å². The van der Waals surface area contributed by atoms with Gasteiger partial charge in [0.15, 0.2) is 0 Å². The lowest BCUT2D eigenvalue weighted by atomic mass is 9.79. The van der Waals surface area contributed by atoms with Crippen molar-refractivity contribution in [3.8, 4) is 0 Å². The SMILES string of the molecule is NC(c1cccc(C2CCC2)c1)c1ccccc1F. The van der Waals surface area contributed by atoms with E-state index in [1.165, 1.54) is 30.9 Å². The predicted octanol–water partition coefficient (Wildman–Crippen LogP) is 4.14. The quantitative estimate of drug-likeness (QED) is 0.876. The maximum absolute atomic E-state index is 13.8. The van der Waals surface area contributed by atoms with Crippen LogP contribution < -0.4 is 5.73 Å². The fraction of sp³-hybridized carbons (Fsp3) is 0.294. The minimum Gasteiger partial charge on any atom is -0.320 e. The summed E-state index contributed by atoms with van der Waals surface area (Å²) in [5, 5.41) is 0. The minimum atomic E-state index is -0.388. The van der Waals surface area contributed by atoms with Gasteiger partial charge in [-0.25, -0.2) is 4.39 Å². The normalized spacial score (nSPS) is 16.9. The van der Waals surface area contributed by atoms with Gasteiger partial charge in [0.1, 0.15) is 5.82 Å². The van der Waals surface area contributed by atoms with Crippen LogP contribution in [0.5, 0.6) is 0 Å². The summed E-state index contributed by atoms with van der Waals surface area (Å²) in [6.07, 6.45) is 3.84. The molecule has 0 heterocycles. The molecule has 2 aromatic carbocycles. The smallest absolute Gasteiger partial charge is 0.128 e. The van der Waals surface area contributed by atoms with E-state index >= 15 is 0 Å². The van der Waals surface area contributed by atoms with Crippen molar-refractivity contribution in [1.29, 1.82) is 0 Å². The zero-order valence-corrected chi connectivity index (χ0v) is 10.9. The summed E-state index contributed by atoms with van der Waals surface area (Å²) < 4.78 is 13.8. The van der Waals surface area contributed by atoms with Crippen molar-refractivity contribution in [3.63, 3.8) is 0 Å². The summed E-state index contributed by atoms with van der Waals surface area (Å²) in [7, 11) is 0. The molecule has 2 N–H and O–H groups in total. The number of nitrogens with two attached hydrogens (primary N) is 1. The van der Waals surface area contributed by atoms with Crippen LogP contribution in [0.2, 0.25) is 0 Å². The van der Waals surface area contributed by atoms with E-state index < -0.39 is 0 Å². The van der Waals surface area contributed by atoms with Gasteiger partial charge in [0, 0.05) is 5.56 Å². The van der Waals surface area contributed by atoms with Crippen molar-refractivity contribution >= 4 is 0 Å². The molecule has 1 nitrogen and oxygen atoms in total. The molecule has 2 aromatic rings. The third-order valence-electron chi connectivity index (χ3n) is 4.09. The lowest BCUT2D eigenvalue weighted by Crippen LogP contribution is -2.15. The van der Waals surface area contributed by atoms with E-state index in [2.05, 4.69) is 12.1 Å². The second kappa shape index (κ2) is 5.14. The molecule has 0 bridgehead atoms. The summed E-state index contributed by atoms with van der Waals surface area (Å²) in [5.74, 6) is 0.441. The highest BCUT2D eigenvalue weighted by Crippen LogP contribution is 2.37. The Morgan fingerprint density at radius 3 is 2.53 bits per heavy atom. The maximum atomic E-state index is 13.8. The lowest BCUT2D eigenvalue weighted by Gasteiger charge is -2.26. The molecule has 0 aromatic heterocycles. The lowest BCUT2D eigenvalue weighted by molar-refractivity contribution is 0.419.